The number of ether oxygens (including phenoxy) is 1. The Morgan fingerprint density at radius 3 is 2.48 bits per heavy atom. The first-order valence-corrected chi connectivity index (χ1v) is 6.58. The first-order valence-electron chi connectivity index (χ1n) is 6.58. The predicted molar refractivity (Wildman–Crippen MR) is 69.1 cm³/mol. The standard InChI is InChI=1S/C14H16F3NO3/c1-2-21-11-5-3-10(4-6-11)12(19)18-8-7-13(20,9-18)14(15,16)17/h3-6,20H,2,7-9H2,1H3/t13-/m0/s1. The number of carbonyl (C=O) groups excluding carboxylic acids is 1. The minimum absolute atomic E-state index is 0.123. The van der Waals surface area contributed by atoms with Gasteiger partial charge in [-0.1, -0.05) is 0 Å². The normalized spacial score (nSPS) is 22.4. The van der Waals surface area contributed by atoms with Crippen LogP contribution in [0.15, 0.2) is 24.3 Å². The van der Waals surface area contributed by atoms with E-state index in [2.05, 4.69) is 0 Å². The summed E-state index contributed by atoms with van der Waals surface area (Å²) in [5.41, 5.74) is -2.54. The third kappa shape index (κ3) is 3.12. The largest absolute Gasteiger partial charge is 0.494 e. The van der Waals surface area contributed by atoms with E-state index in [0.717, 1.165) is 4.90 Å². The number of benzene rings is 1. The maximum atomic E-state index is 12.7. The summed E-state index contributed by atoms with van der Waals surface area (Å²) < 4.78 is 43.4. The lowest BCUT2D eigenvalue weighted by atomic mass is 10.0. The van der Waals surface area contributed by atoms with Crippen molar-refractivity contribution < 1.29 is 27.8 Å². The Kier molecular flexibility index (Phi) is 4.13. The van der Waals surface area contributed by atoms with E-state index in [0.29, 0.717) is 12.4 Å². The van der Waals surface area contributed by atoms with Crippen molar-refractivity contribution in [3.63, 3.8) is 0 Å². The van der Waals surface area contributed by atoms with Crippen molar-refractivity contribution >= 4 is 5.91 Å². The predicted octanol–water partition coefficient (Wildman–Crippen LogP) is 2.22. The van der Waals surface area contributed by atoms with Gasteiger partial charge >= 0.3 is 6.18 Å². The molecule has 0 aromatic heterocycles. The molecular weight excluding hydrogens is 287 g/mol. The number of nitrogens with zero attached hydrogens (tertiary/aromatic N) is 1. The summed E-state index contributed by atoms with van der Waals surface area (Å²) in [4.78, 5) is 13.2. The van der Waals surface area contributed by atoms with Crippen molar-refractivity contribution in [2.45, 2.75) is 25.1 Å². The van der Waals surface area contributed by atoms with E-state index >= 15 is 0 Å². The first-order chi connectivity index (χ1) is 9.77. The third-order valence-corrected chi connectivity index (χ3v) is 3.47. The molecule has 0 bridgehead atoms. The van der Waals surface area contributed by atoms with Crippen molar-refractivity contribution in [2.75, 3.05) is 19.7 Å². The van der Waals surface area contributed by atoms with Crippen molar-refractivity contribution in [3.8, 4) is 5.75 Å². The highest BCUT2D eigenvalue weighted by atomic mass is 19.4. The second kappa shape index (κ2) is 5.55. The van der Waals surface area contributed by atoms with Gasteiger partial charge in [0.2, 0.25) is 0 Å². The van der Waals surface area contributed by atoms with Gasteiger partial charge in [-0.2, -0.15) is 13.2 Å². The van der Waals surface area contributed by atoms with Crippen LogP contribution in [0.5, 0.6) is 5.75 Å². The number of amides is 1. The van der Waals surface area contributed by atoms with Crippen LogP contribution in [-0.2, 0) is 0 Å². The lowest BCUT2D eigenvalue weighted by Gasteiger charge is -2.25. The number of hydrogen-bond acceptors (Lipinski definition) is 3. The highest BCUT2D eigenvalue weighted by Gasteiger charge is 2.57. The van der Waals surface area contributed by atoms with E-state index in [-0.39, 0.29) is 12.1 Å². The van der Waals surface area contributed by atoms with Gasteiger partial charge < -0.3 is 14.7 Å². The van der Waals surface area contributed by atoms with Crippen LogP contribution < -0.4 is 4.74 Å². The average molecular weight is 303 g/mol. The summed E-state index contributed by atoms with van der Waals surface area (Å²) in [7, 11) is 0. The first kappa shape index (κ1) is 15.6. The molecule has 0 aliphatic carbocycles. The molecule has 116 valence electrons. The Morgan fingerprint density at radius 1 is 1.38 bits per heavy atom. The van der Waals surface area contributed by atoms with Crippen LogP contribution in [0.2, 0.25) is 0 Å². The van der Waals surface area contributed by atoms with E-state index in [1.165, 1.54) is 12.1 Å². The van der Waals surface area contributed by atoms with Crippen LogP contribution in [0.25, 0.3) is 0 Å². The van der Waals surface area contributed by atoms with E-state index in [1.807, 2.05) is 6.92 Å². The smallest absolute Gasteiger partial charge is 0.419 e. The second-order valence-electron chi connectivity index (χ2n) is 4.96. The molecule has 1 aromatic rings. The van der Waals surface area contributed by atoms with Gasteiger partial charge in [-0.15, -0.1) is 0 Å². The number of halogens is 3. The number of aliphatic hydroxyl groups is 1. The molecule has 7 heteroatoms. The molecule has 21 heavy (non-hydrogen) atoms. The monoisotopic (exact) mass is 303 g/mol. The SMILES string of the molecule is CCOc1ccc(C(=O)N2CC[C@@](O)(C(F)(F)F)C2)cc1. The molecule has 1 aromatic carbocycles. The van der Waals surface area contributed by atoms with Crippen LogP contribution >= 0.6 is 0 Å². The molecule has 0 unspecified atom stereocenters. The van der Waals surface area contributed by atoms with Crippen molar-refractivity contribution in [3.05, 3.63) is 29.8 Å². The minimum Gasteiger partial charge on any atom is -0.494 e. The van der Waals surface area contributed by atoms with Crippen molar-refractivity contribution in [1.29, 1.82) is 0 Å². The summed E-state index contributed by atoms with van der Waals surface area (Å²) in [6.07, 6.45) is -5.24. The van der Waals surface area contributed by atoms with E-state index in [1.54, 1.807) is 12.1 Å². The number of carbonyl (C=O) groups is 1. The van der Waals surface area contributed by atoms with Crippen LogP contribution in [-0.4, -0.2) is 47.4 Å². The van der Waals surface area contributed by atoms with Crippen molar-refractivity contribution in [2.24, 2.45) is 0 Å². The van der Waals surface area contributed by atoms with E-state index in [4.69, 9.17) is 4.74 Å². The highest BCUT2D eigenvalue weighted by Crippen LogP contribution is 2.38. The zero-order valence-electron chi connectivity index (χ0n) is 11.5. The molecule has 1 saturated heterocycles. The third-order valence-electron chi connectivity index (χ3n) is 3.47. The quantitative estimate of drug-likeness (QED) is 0.931. The molecule has 1 atom stereocenters. The van der Waals surface area contributed by atoms with Gasteiger partial charge in [0.25, 0.3) is 5.91 Å². The summed E-state index contributed by atoms with van der Waals surface area (Å²) in [6.45, 7) is 1.45. The Labute approximate surface area is 120 Å². The Morgan fingerprint density at radius 2 is 2.00 bits per heavy atom. The van der Waals surface area contributed by atoms with Crippen molar-refractivity contribution in [1.82, 2.24) is 4.90 Å². The van der Waals surface area contributed by atoms with E-state index in [9.17, 15) is 23.1 Å². The number of rotatable bonds is 3. The van der Waals surface area contributed by atoms with Crippen LogP contribution in [0, 0.1) is 0 Å². The van der Waals surface area contributed by atoms with Gasteiger partial charge in [-0.25, -0.2) is 0 Å². The molecule has 2 rings (SSSR count). The summed E-state index contributed by atoms with van der Waals surface area (Å²) in [5.74, 6) is 0.0560. The fourth-order valence-electron chi connectivity index (χ4n) is 2.24. The maximum absolute atomic E-state index is 12.7. The molecule has 0 radical (unpaired) electrons. The second-order valence-corrected chi connectivity index (χ2v) is 4.96. The Balaban J connectivity index is 2.08. The maximum Gasteiger partial charge on any atom is 0.419 e. The summed E-state index contributed by atoms with van der Waals surface area (Å²) >= 11 is 0. The van der Waals surface area contributed by atoms with Crippen LogP contribution in [0.4, 0.5) is 13.2 Å². The number of β-amino-alcohol motifs (C(OH)–C–C–N with tert-alkyl or cyclic N) is 1. The summed E-state index contributed by atoms with van der Waals surface area (Å²) in [5, 5.41) is 9.57. The van der Waals surface area contributed by atoms with Gasteiger partial charge in [-0.05, 0) is 31.2 Å². The summed E-state index contributed by atoms with van der Waals surface area (Å²) in [6, 6.07) is 6.17. The molecule has 1 fully saturated rings. The Hall–Kier alpha value is -1.76. The topological polar surface area (TPSA) is 49.8 Å². The molecule has 1 aliphatic rings. The molecule has 0 spiro atoms. The zero-order chi connectivity index (χ0) is 15.7. The van der Waals surface area contributed by atoms with Gasteiger partial charge in [0.1, 0.15) is 5.75 Å². The number of alkyl halides is 3. The molecule has 1 aliphatic heterocycles. The fraction of sp³-hybridized carbons (Fsp3) is 0.500. The number of hydrogen-bond donors (Lipinski definition) is 1. The van der Waals surface area contributed by atoms with Gasteiger partial charge in [0.15, 0.2) is 5.60 Å². The highest BCUT2D eigenvalue weighted by molar-refractivity contribution is 5.94. The average Bonchev–Trinajstić information content (AvgIpc) is 2.83. The number of likely N-dealkylation sites (tertiary alicyclic amines) is 1. The molecule has 1 amide bonds. The molecule has 1 N–H and O–H groups in total. The van der Waals surface area contributed by atoms with Crippen LogP contribution in [0.1, 0.15) is 23.7 Å². The van der Waals surface area contributed by atoms with Gasteiger partial charge in [0.05, 0.1) is 13.2 Å². The lowest BCUT2D eigenvalue weighted by Crippen LogP contribution is -2.48. The fourth-order valence-corrected chi connectivity index (χ4v) is 2.24. The molecule has 4 nitrogen and oxygen atoms in total. The molecule has 0 saturated carbocycles. The van der Waals surface area contributed by atoms with Gasteiger partial charge in [0, 0.05) is 18.5 Å². The minimum atomic E-state index is -4.74. The lowest BCUT2D eigenvalue weighted by molar-refractivity contribution is -0.253. The molecular formula is C14H16F3NO3. The molecule has 1 heterocycles. The van der Waals surface area contributed by atoms with Gasteiger partial charge in [-0.3, -0.25) is 4.79 Å². The Bertz CT molecular complexity index is 515. The van der Waals surface area contributed by atoms with E-state index < -0.39 is 30.7 Å². The zero-order valence-corrected chi connectivity index (χ0v) is 11.5. The van der Waals surface area contributed by atoms with Crippen LogP contribution in [0.3, 0.4) is 0 Å².